The zero-order valence-corrected chi connectivity index (χ0v) is 14.7. The first-order valence-electron chi connectivity index (χ1n) is 6.83. The van der Waals surface area contributed by atoms with Crippen LogP contribution in [0.4, 0.5) is 13.2 Å². The summed E-state index contributed by atoms with van der Waals surface area (Å²) in [5.74, 6) is 0. The molecule has 0 radical (unpaired) electrons. The van der Waals surface area contributed by atoms with Gasteiger partial charge in [0.05, 0.1) is 16.2 Å². The van der Waals surface area contributed by atoms with Crippen LogP contribution in [0.25, 0.3) is 21.8 Å². The summed E-state index contributed by atoms with van der Waals surface area (Å²) in [4.78, 5) is 4.32. The number of hydrogen-bond donors (Lipinski definition) is 0. The molecule has 1 heterocycles. The molecule has 130 valence electrons. The van der Waals surface area contributed by atoms with E-state index >= 15 is 0 Å². The lowest BCUT2D eigenvalue weighted by Crippen LogP contribution is -2.03. The maximum absolute atomic E-state index is 12.6. The second-order valence-corrected chi connectivity index (χ2v) is 8.50. The highest BCUT2D eigenvalue weighted by Gasteiger charge is 2.30. The van der Waals surface area contributed by atoms with Crippen LogP contribution in [-0.2, 0) is 15.2 Å². The smallest absolute Gasteiger partial charge is 0.236 e. The summed E-state index contributed by atoms with van der Waals surface area (Å²) < 4.78 is 60.6. The van der Waals surface area contributed by atoms with Gasteiger partial charge >= 0.3 is 6.18 Å². The van der Waals surface area contributed by atoms with Crippen LogP contribution in [-0.4, -0.2) is 13.4 Å². The van der Waals surface area contributed by atoms with E-state index in [1.54, 1.807) is 17.5 Å². The van der Waals surface area contributed by atoms with Gasteiger partial charge in [-0.3, -0.25) is 0 Å². The van der Waals surface area contributed by atoms with Crippen molar-refractivity contribution in [2.75, 3.05) is 0 Å². The average molecular weight is 404 g/mol. The molecule has 0 bridgehead atoms. The maximum atomic E-state index is 12.6. The average Bonchev–Trinajstić information content (AvgIpc) is 3.03. The zero-order valence-electron chi connectivity index (χ0n) is 12.3. The number of hydrogen-bond acceptors (Lipinski definition) is 4. The van der Waals surface area contributed by atoms with E-state index in [1.165, 1.54) is 35.6 Å². The normalized spacial score (nSPS) is 12.3. The van der Waals surface area contributed by atoms with Crippen LogP contribution >= 0.6 is 22.0 Å². The van der Waals surface area contributed by atoms with E-state index in [9.17, 15) is 21.6 Å². The summed E-state index contributed by atoms with van der Waals surface area (Å²) in [6.45, 7) is 0. The van der Waals surface area contributed by atoms with Gasteiger partial charge in [0.2, 0.25) is 0 Å². The molecule has 1 aromatic heterocycles. The summed E-state index contributed by atoms with van der Waals surface area (Å²) >= 11 is 1.26. The van der Waals surface area contributed by atoms with E-state index in [1.807, 2.05) is 0 Å². The van der Waals surface area contributed by atoms with Crippen LogP contribution in [0.2, 0.25) is 0 Å². The molecule has 0 spiro atoms. The molecule has 0 amide bonds. The Bertz CT molecular complexity index is 1010. The van der Waals surface area contributed by atoms with E-state index in [0.29, 0.717) is 21.8 Å². The van der Waals surface area contributed by atoms with E-state index in [0.717, 1.165) is 12.1 Å². The standard InChI is InChI=1S/C16H9ClF3NO2S2/c17-25(22,23)13-3-1-2-11(8-13)15-21-14(9-24-15)10-4-6-12(7-5-10)16(18,19)20/h1-9H. The Kier molecular flexibility index (Phi) is 4.61. The SMILES string of the molecule is O=S(=O)(Cl)c1cccc(-c2nc(-c3ccc(C(F)(F)F)cc3)cs2)c1. The van der Waals surface area contributed by atoms with Crippen LogP contribution in [0.15, 0.2) is 58.8 Å². The summed E-state index contributed by atoms with van der Waals surface area (Å²) in [6, 6.07) is 10.7. The molecular formula is C16H9ClF3NO2S2. The van der Waals surface area contributed by atoms with Crippen molar-refractivity contribution in [2.45, 2.75) is 11.1 Å². The summed E-state index contributed by atoms with van der Waals surface area (Å²) in [7, 11) is 1.48. The molecule has 0 saturated heterocycles. The van der Waals surface area contributed by atoms with Crippen molar-refractivity contribution in [2.24, 2.45) is 0 Å². The minimum atomic E-state index is -4.39. The monoisotopic (exact) mass is 403 g/mol. The second-order valence-electron chi connectivity index (χ2n) is 5.08. The lowest BCUT2D eigenvalue weighted by molar-refractivity contribution is -0.137. The van der Waals surface area contributed by atoms with E-state index in [4.69, 9.17) is 10.7 Å². The van der Waals surface area contributed by atoms with Gasteiger partial charge in [-0.25, -0.2) is 13.4 Å². The Morgan fingerprint density at radius 3 is 2.28 bits per heavy atom. The minimum absolute atomic E-state index is 0.0436. The van der Waals surface area contributed by atoms with Crippen LogP contribution in [0, 0.1) is 0 Å². The molecule has 0 aliphatic carbocycles. The molecule has 3 nitrogen and oxygen atoms in total. The topological polar surface area (TPSA) is 47.0 Å². The van der Waals surface area contributed by atoms with Crippen LogP contribution in [0.3, 0.4) is 0 Å². The van der Waals surface area contributed by atoms with Gasteiger partial charge in [0.1, 0.15) is 5.01 Å². The van der Waals surface area contributed by atoms with Gasteiger partial charge in [0, 0.05) is 27.2 Å². The number of thiazole rings is 1. The van der Waals surface area contributed by atoms with Gasteiger partial charge in [-0.1, -0.05) is 24.3 Å². The first kappa shape index (κ1) is 17.9. The van der Waals surface area contributed by atoms with E-state index in [2.05, 4.69) is 4.98 Å². The van der Waals surface area contributed by atoms with Gasteiger partial charge in [0.25, 0.3) is 9.05 Å². The Labute approximate surface area is 150 Å². The van der Waals surface area contributed by atoms with Gasteiger partial charge in [-0.2, -0.15) is 13.2 Å². The molecule has 3 rings (SSSR count). The minimum Gasteiger partial charge on any atom is -0.236 e. The number of rotatable bonds is 3. The van der Waals surface area contributed by atoms with Crippen LogP contribution in [0.5, 0.6) is 0 Å². The molecule has 0 unspecified atom stereocenters. The number of aromatic nitrogens is 1. The van der Waals surface area contributed by atoms with Crippen LogP contribution in [0.1, 0.15) is 5.56 Å². The molecule has 0 saturated carbocycles. The Hall–Kier alpha value is -1.90. The lowest BCUT2D eigenvalue weighted by atomic mass is 10.1. The third-order valence-corrected chi connectivity index (χ3v) is 5.62. The fraction of sp³-hybridized carbons (Fsp3) is 0.0625. The Morgan fingerprint density at radius 2 is 1.68 bits per heavy atom. The first-order valence-corrected chi connectivity index (χ1v) is 10.0. The van der Waals surface area contributed by atoms with Crippen molar-refractivity contribution in [3.05, 3.63) is 59.5 Å². The fourth-order valence-electron chi connectivity index (χ4n) is 2.15. The highest BCUT2D eigenvalue weighted by Crippen LogP contribution is 2.33. The summed E-state index contributed by atoms with van der Waals surface area (Å²) in [5, 5.41) is 2.23. The van der Waals surface area contributed by atoms with Crippen molar-refractivity contribution in [1.82, 2.24) is 4.98 Å². The Morgan fingerprint density at radius 1 is 1.00 bits per heavy atom. The predicted molar refractivity (Wildman–Crippen MR) is 91.0 cm³/mol. The molecule has 25 heavy (non-hydrogen) atoms. The lowest BCUT2D eigenvalue weighted by Gasteiger charge is -2.06. The van der Waals surface area contributed by atoms with Crippen molar-refractivity contribution in [3.8, 4) is 21.8 Å². The number of nitrogens with zero attached hydrogens (tertiary/aromatic N) is 1. The third kappa shape index (κ3) is 4.02. The molecule has 2 aromatic carbocycles. The molecular weight excluding hydrogens is 395 g/mol. The first-order chi connectivity index (χ1) is 11.6. The van der Waals surface area contributed by atoms with Crippen LogP contribution < -0.4 is 0 Å². The second kappa shape index (κ2) is 6.44. The number of alkyl halides is 3. The molecule has 0 N–H and O–H groups in total. The fourth-order valence-corrected chi connectivity index (χ4v) is 3.77. The summed E-state index contributed by atoms with van der Waals surface area (Å²) in [5.41, 5.74) is 0.876. The molecule has 3 aromatic rings. The molecule has 0 aliphatic rings. The zero-order chi connectivity index (χ0) is 18.2. The number of halogens is 4. The maximum Gasteiger partial charge on any atom is 0.416 e. The van der Waals surface area contributed by atoms with Gasteiger partial charge in [0.15, 0.2) is 0 Å². The van der Waals surface area contributed by atoms with E-state index in [-0.39, 0.29) is 4.90 Å². The summed E-state index contributed by atoms with van der Waals surface area (Å²) in [6.07, 6.45) is -4.39. The highest BCUT2D eigenvalue weighted by molar-refractivity contribution is 8.13. The number of benzene rings is 2. The molecule has 9 heteroatoms. The van der Waals surface area contributed by atoms with Gasteiger partial charge < -0.3 is 0 Å². The predicted octanol–water partition coefficient (Wildman–Crippen LogP) is 5.42. The molecule has 0 atom stereocenters. The van der Waals surface area contributed by atoms with Crippen molar-refractivity contribution in [1.29, 1.82) is 0 Å². The van der Waals surface area contributed by atoms with Crippen molar-refractivity contribution < 1.29 is 21.6 Å². The van der Waals surface area contributed by atoms with Gasteiger partial charge in [-0.15, -0.1) is 11.3 Å². The molecule has 0 fully saturated rings. The molecule has 0 aliphatic heterocycles. The highest BCUT2D eigenvalue weighted by atomic mass is 35.7. The van der Waals surface area contributed by atoms with Crippen molar-refractivity contribution in [3.63, 3.8) is 0 Å². The van der Waals surface area contributed by atoms with E-state index < -0.39 is 20.8 Å². The van der Waals surface area contributed by atoms with Crippen molar-refractivity contribution >= 4 is 31.1 Å². The largest absolute Gasteiger partial charge is 0.416 e. The quantitative estimate of drug-likeness (QED) is 0.548. The Balaban J connectivity index is 1.93. The van der Waals surface area contributed by atoms with Gasteiger partial charge in [-0.05, 0) is 24.3 Å². The third-order valence-electron chi connectivity index (χ3n) is 3.37.